The van der Waals surface area contributed by atoms with Gasteiger partial charge in [0, 0.05) is 0 Å². The van der Waals surface area contributed by atoms with Crippen LogP contribution >= 0.6 is 7.82 Å². The van der Waals surface area contributed by atoms with E-state index in [4.69, 9.17) is 24.0 Å². The number of hydrogen-bond acceptors (Lipinski definition) is 3. The first-order valence-electron chi connectivity index (χ1n) is 3.28. The molecule has 1 atom stereocenters. The molecule has 0 aromatic heterocycles. The van der Waals surface area contributed by atoms with Crippen molar-refractivity contribution in [1.82, 2.24) is 0 Å². The molecule has 0 amide bonds. The van der Waals surface area contributed by atoms with Crippen LogP contribution in [-0.2, 0) is 14.1 Å². The molecule has 0 radical (unpaired) electrons. The second-order valence-corrected chi connectivity index (χ2v) is 4.86. The fourth-order valence-electron chi connectivity index (χ4n) is 0.280. The van der Waals surface area contributed by atoms with Gasteiger partial charge in [0.15, 0.2) is 0 Å². The molecule has 13 heavy (non-hydrogen) atoms. The Morgan fingerprint density at radius 3 is 2.00 bits per heavy atom. The van der Waals surface area contributed by atoms with Crippen LogP contribution in [0.2, 0.25) is 0 Å². The van der Waals surface area contributed by atoms with E-state index in [1.807, 2.05) is 6.92 Å². The fraction of sp³-hybridized carbons (Fsp3) is 0.400. The van der Waals surface area contributed by atoms with E-state index in [0.29, 0.717) is 0 Å². The molecule has 0 spiro atoms. The van der Waals surface area contributed by atoms with Crippen LogP contribution in [0.25, 0.3) is 0 Å². The Balaban J connectivity index is 0. The molecule has 0 aromatic carbocycles. The van der Waals surface area contributed by atoms with Gasteiger partial charge in [-0.2, -0.15) is 0 Å². The van der Waals surface area contributed by atoms with Crippen LogP contribution in [0.15, 0.2) is 12.7 Å². The maximum atomic E-state index is 10.3. The first kappa shape index (κ1) is 15.8. The summed E-state index contributed by atoms with van der Waals surface area (Å²) in [4.78, 5) is 31.9. The smallest absolute Gasteiger partial charge is 0.303 e. The first-order chi connectivity index (χ1) is 5.66. The molecule has 0 aliphatic rings. The summed E-state index contributed by atoms with van der Waals surface area (Å²) in [5.41, 5.74) is 0. The monoisotopic (exact) mass is 220 g/mol. The van der Waals surface area contributed by atoms with E-state index in [9.17, 15) is 4.79 Å². The third-order valence-electron chi connectivity index (χ3n) is 0.519. The molecule has 0 saturated heterocycles. The SMILES string of the molecule is C=CC(=O)O[CH](C)[Na].O=P(O)(O)O. The van der Waals surface area contributed by atoms with Gasteiger partial charge in [-0.05, 0) is 0 Å². The van der Waals surface area contributed by atoms with Crippen molar-refractivity contribution in [3.63, 3.8) is 0 Å². The predicted octanol–water partition coefficient (Wildman–Crippen LogP) is -0.699. The Kier molecular flexibility index (Phi) is 9.34. The Morgan fingerprint density at radius 2 is 1.92 bits per heavy atom. The van der Waals surface area contributed by atoms with Crippen LogP contribution in [-0.4, -0.2) is 51.9 Å². The van der Waals surface area contributed by atoms with Crippen LogP contribution in [0.5, 0.6) is 0 Å². The van der Waals surface area contributed by atoms with Crippen molar-refractivity contribution < 1.29 is 28.8 Å². The summed E-state index contributed by atoms with van der Waals surface area (Å²) in [7, 11) is -4.64. The van der Waals surface area contributed by atoms with Gasteiger partial charge >= 0.3 is 74.2 Å². The molecule has 0 bridgehead atoms. The van der Waals surface area contributed by atoms with E-state index in [1.54, 1.807) is 0 Å². The van der Waals surface area contributed by atoms with E-state index in [-0.39, 0.29) is 9.32 Å². The van der Waals surface area contributed by atoms with E-state index >= 15 is 0 Å². The summed E-state index contributed by atoms with van der Waals surface area (Å²) in [6, 6.07) is 0. The second-order valence-electron chi connectivity index (χ2n) is 2.20. The van der Waals surface area contributed by atoms with Crippen molar-refractivity contribution in [2.45, 2.75) is 10.3 Å². The van der Waals surface area contributed by atoms with Gasteiger partial charge in [0.25, 0.3) is 0 Å². The Hall–Kier alpha value is 0.320. The molecule has 0 rings (SSSR count). The van der Waals surface area contributed by atoms with E-state index in [0.717, 1.165) is 27.9 Å². The molecule has 72 valence electrons. The molecule has 0 heterocycles. The average molecular weight is 220 g/mol. The predicted molar refractivity (Wildman–Crippen MR) is 45.8 cm³/mol. The first-order valence-corrected chi connectivity index (χ1v) is 6.00. The van der Waals surface area contributed by atoms with Gasteiger partial charge in [-0.3, -0.25) is 0 Å². The van der Waals surface area contributed by atoms with E-state index in [1.165, 1.54) is 6.08 Å². The fourth-order valence-corrected chi connectivity index (χ4v) is 0.513. The van der Waals surface area contributed by atoms with Crippen molar-refractivity contribution >= 4 is 41.7 Å². The molecule has 3 N–H and O–H groups in total. The molecular weight excluding hydrogens is 210 g/mol. The van der Waals surface area contributed by atoms with Gasteiger partial charge in [-0.15, -0.1) is 0 Å². The zero-order valence-corrected chi connectivity index (χ0v) is 10.3. The Morgan fingerprint density at radius 1 is 1.62 bits per heavy atom. The number of carbonyl (C=O) groups excluding carboxylic acids is 1. The van der Waals surface area contributed by atoms with Crippen molar-refractivity contribution in [2.24, 2.45) is 0 Å². The Labute approximate surface area is 93.3 Å². The topological polar surface area (TPSA) is 104 Å². The summed E-state index contributed by atoms with van der Waals surface area (Å²) in [5.74, 6) is -0.326. The third kappa shape index (κ3) is 32.9. The molecular formula is C5H10NaO6P. The summed E-state index contributed by atoms with van der Waals surface area (Å²) in [6.07, 6.45) is 1.17. The molecule has 0 saturated carbocycles. The quantitative estimate of drug-likeness (QED) is 0.246. The van der Waals surface area contributed by atoms with Gasteiger partial charge in [0.05, 0.1) is 0 Å². The second kappa shape index (κ2) is 7.70. The van der Waals surface area contributed by atoms with Crippen LogP contribution in [0.4, 0.5) is 0 Å². The minimum Gasteiger partial charge on any atom is -0.303 e. The average Bonchev–Trinajstić information content (AvgIpc) is 1.82. The van der Waals surface area contributed by atoms with E-state index < -0.39 is 7.82 Å². The van der Waals surface area contributed by atoms with Gasteiger partial charge in [0.1, 0.15) is 0 Å². The van der Waals surface area contributed by atoms with E-state index in [2.05, 4.69) is 6.58 Å². The summed E-state index contributed by atoms with van der Waals surface area (Å²) in [6.45, 7) is 5.11. The molecule has 1 unspecified atom stereocenters. The maximum Gasteiger partial charge on any atom is 0.466 e. The molecule has 0 aliphatic carbocycles. The van der Waals surface area contributed by atoms with Crippen molar-refractivity contribution in [3.8, 4) is 0 Å². The van der Waals surface area contributed by atoms with Crippen LogP contribution < -0.4 is 0 Å². The number of carbonyl (C=O) groups is 1. The van der Waals surface area contributed by atoms with Gasteiger partial charge in [0.2, 0.25) is 0 Å². The Bertz CT molecular complexity index is 201. The molecule has 6 nitrogen and oxygen atoms in total. The number of hydrogen-bond donors (Lipinski definition) is 3. The van der Waals surface area contributed by atoms with Crippen molar-refractivity contribution in [3.05, 3.63) is 12.7 Å². The van der Waals surface area contributed by atoms with Gasteiger partial charge in [-0.25, -0.2) is 4.57 Å². The van der Waals surface area contributed by atoms with Crippen molar-refractivity contribution in [2.75, 3.05) is 0 Å². The largest absolute Gasteiger partial charge is 0.466 e. The molecule has 0 aromatic rings. The third-order valence-corrected chi connectivity index (χ3v) is 0.754. The molecule has 0 fully saturated rings. The minimum atomic E-state index is -4.64. The normalized spacial score (nSPS) is 12.2. The minimum absolute atomic E-state index is 0.0977. The summed E-state index contributed by atoms with van der Waals surface area (Å²) < 4.78 is 13.7. The van der Waals surface area contributed by atoms with Crippen molar-refractivity contribution in [1.29, 1.82) is 0 Å². The zero-order chi connectivity index (χ0) is 11.1. The standard InChI is InChI=1S/C5H7O2.Na.H3O4P/c1-3-5(6)7-4-2;;1-5(2,3)4/h3-4H,1H2,2H3;;(H3,1,2,3,4). The van der Waals surface area contributed by atoms with Crippen LogP contribution in [0, 0.1) is 0 Å². The number of esters is 1. The summed E-state index contributed by atoms with van der Waals surface area (Å²) >= 11 is 0.881. The number of ether oxygens (including phenoxy) is 1. The zero-order valence-electron chi connectivity index (χ0n) is 7.38. The van der Waals surface area contributed by atoms with Gasteiger partial charge < -0.3 is 14.7 Å². The molecule has 8 heteroatoms. The maximum absolute atomic E-state index is 10.3. The van der Waals surface area contributed by atoms with Crippen LogP contribution in [0.1, 0.15) is 6.92 Å². The summed E-state index contributed by atoms with van der Waals surface area (Å²) in [5, 5.41) is 0. The number of rotatable bonds is 2. The number of phosphoric acid groups is 1. The molecule has 0 aliphatic heterocycles. The van der Waals surface area contributed by atoms with Crippen LogP contribution in [0.3, 0.4) is 0 Å². The van der Waals surface area contributed by atoms with Gasteiger partial charge in [-0.1, -0.05) is 0 Å².